The molecule has 0 atom stereocenters. The lowest BCUT2D eigenvalue weighted by Gasteiger charge is -2.38. The zero-order valence-corrected chi connectivity index (χ0v) is 25.1. The average molecular weight is 530 g/mol. The second-order valence-electron chi connectivity index (χ2n) is 10.8. The topological polar surface area (TPSA) is 77.8 Å². The number of ether oxygens (including phenoxy) is 2. The van der Waals surface area contributed by atoms with Gasteiger partial charge in [0, 0.05) is 0 Å². The molecule has 0 amide bonds. The zero-order valence-electron chi connectivity index (χ0n) is 22.1. The minimum Gasteiger partial charge on any atom is -0.494 e. The van der Waals surface area contributed by atoms with Crippen molar-refractivity contribution in [3.63, 3.8) is 0 Å². The molecule has 0 unspecified atom stereocenters. The Balaban J connectivity index is 1.75. The first kappa shape index (κ1) is 29.0. The second-order valence-corrected chi connectivity index (χ2v) is 23.6. The van der Waals surface area contributed by atoms with E-state index in [4.69, 9.17) is 23.0 Å². The molecule has 0 radical (unpaired) electrons. The number of hydrogen-bond donors (Lipinski definition) is 0. The van der Waals surface area contributed by atoms with Crippen LogP contribution < -0.4 is 9.47 Å². The van der Waals surface area contributed by atoms with Crippen molar-refractivity contribution < 1.29 is 22.5 Å². The molecule has 0 fully saturated rings. The largest absolute Gasteiger partial charge is 0.494 e. The lowest BCUT2D eigenvalue weighted by Crippen LogP contribution is -2.52. The summed E-state index contributed by atoms with van der Waals surface area (Å²) in [6.45, 7) is 16.3. The van der Waals surface area contributed by atoms with E-state index in [1.807, 2.05) is 6.07 Å². The summed E-state index contributed by atoms with van der Waals surface area (Å²) in [7, 11) is -5.49. The number of benzene rings is 2. The van der Waals surface area contributed by atoms with Crippen LogP contribution in [0.25, 0.3) is 0 Å². The summed E-state index contributed by atoms with van der Waals surface area (Å²) in [5, 5.41) is 8.85. The molecule has 0 bridgehead atoms. The fourth-order valence-corrected chi connectivity index (χ4v) is 16.4. The summed E-state index contributed by atoms with van der Waals surface area (Å²) in [6.07, 6.45) is 3.08. The van der Waals surface area contributed by atoms with Crippen molar-refractivity contribution >= 4 is 31.2 Å². The first-order chi connectivity index (χ1) is 16.3. The van der Waals surface area contributed by atoms with Gasteiger partial charge in [0.1, 0.15) is 11.5 Å². The molecular weight excluding hydrogens is 491 g/mol. The van der Waals surface area contributed by atoms with Gasteiger partial charge in [0.2, 0.25) is 0 Å². The molecule has 0 aliphatic carbocycles. The molecule has 2 aromatic rings. The van der Waals surface area contributed by atoms with Crippen LogP contribution in [-0.4, -0.2) is 37.8 Å². The van der Waals surface area contributed by atoms with Gasteiger partial charge in [0.15, 0.2) is 16.6 Å². The van der Waals surface area contributed by atoms with E-state index in [2.05, 4.69) is 45.8 Å². The van der Waals surface area contributed by atoms with Crippen LogP contribution in [0.4, 0.5) is 0 Å². The molecule has 2 aromatic carbocycles. The molecule has 190 valence electrons. The normalized spacial score (nSPS) is 12.2. The second kappa shape index (κ2) is 12.6. The maximum absolute atomic E-state index is 12.3. The Hall–Kier alpha value is -2.23. The van der Waals surface area contributed by atoms with E-state index in [1.165, 1.54) is 0 Å². The number of unbranched alkanes of at least 4 members (excludes halogenated alkanes) is 2. The molecule has 0 heterocycles. The van der Waals surface area contributed by atoms with Crippen molar-refractivity contribution in [2.24, 2.45) is 0 Å². The molecule has 0 aliphatic heterocycles. The molecule has 0 N–H and O–H groups in total. The Morgan fingerprint density at radius 3 is 1.83 bits per heavy atom. The summed E-state index contributed by atoms with van der Waals surface area (Å²) in [5.74, 6) is 0.678. The van der Waals surface area contributed by atoms with Gasteiger partial charge in [0.05, 0.1) is 23.8 Å². The number of carbonyl (C=O) groups excluding carboxylic acids is 1. The predicted octanol–water partition coefficient (Wildman–Crippen LogP) is 7.10. The van der Waals surface area contributed by atoms with Gasteiger partial charge in [-0.15, -0.1) is 0 Å². The highest BCUT2D eigenvalue weighted by Gasteiger charge is 2.39. The minimum absolute atomic E-state index is 0.402. The van der Waals surface area contributed by atoms with Gasteiger partial charge in [-0.25, -0.2) is 4.79 Å². The van der Waals surface area contributed by atoms with E-state index in [0.717, 1.165) is 31.1 Å². The number of nitriles is 1. The number of esters is 1. The third-order valence-electron chi connectivity index (χ3n) is 4.87. The van der Waals surface area contributed by atoms with Crippen LogP contribution in [0.15, 0.2) is 48.5 Å². The molecule has 0 saturated carbocycles. The highest BCUT2D eigenvalue weighted by Crippen LogP contribution is 2.26. The van der Waals surface area contributed by atoms with Crippen molar-refractivity contribution in [2.45, 2.75) is 71.1 Å². The van der Waals surface area contributed by atoms with Crippen molar-refractivity contribution in [1.82, 2.24) is 0 Å². The van der Waals surface area contributed by atoms with E-state index in [9.17, 15) is 4.79 Å². The quantitative estimate of drug-likeness (QED) is 0.119. The first-order valence-corrected chi connectivity index (χ1v) is 21.5. The van der Waals surface area contributed by atoms with E-state index in [1.54, 1.807) is 48.5 Å². The summed E-state index contributed by atoms with van der Waals surface area (Å²) in [6, 6.07) is 16.4. The number of nitrogens with zero attached hydrogens (tertiary/aromatic N) is 1. The van der Waals surface area contributed by atoms with E-state index in [-0.39, 0.29) is 0 Å². The first-order valence-electron chi connectivity index (χ1n) is 12.1. The standard InChI is InChI=1S/C26H39NO5Si3/c1-33(2,3)31-35(7,32-34(4,5)6)20-10-8-9-19-29-24-17-13-23(14-18-24)26(28)30-25-15-11-22(21-27)12-16-25/h11-18H,8-10,19-20H2,1-7H3. The number of hydrogen-bond acceptors (Lipinski definition) is 6. The van der Waals surface area contributed by atoms with Crippen molar-refractivity contribution in [2.75, 3.05) is 6.61 Å². The molecule has 0 saturated heterocycles. The van der Waals surface area contributed by atoms with Gasteiger partial charge < -0.3 is 17.7 Å². The van der Waals surface area contributed by atoms with E-state index < -0.39 is 31.2 Å². The Labute approximate surface area is 213 Å². The Morgan fingerprint density at radius 1 is 0.771 bits per heavy atom. The SMILES string of the molecule is C[Si](C)(C)O[Si](C)(CCCCCOc1ccc(C(=O)Oc2ccc(C#N)cc2)cc1)O[Si](C)(C)C. The maximum atomic E-state index is 12.3. The van der Waals surface area contributed by atoms with Crippen LogP contribution in [0.2, 0.25) is 51.9 Å². The predicted molar refractivity (Wildman–Crippen MR) is 147 cm³/mol. The fraction of sp³-hybridized carbons (Fsp3) is 0.462. The van der Waals surface area contributed by atoms with E-state index in [0.29, 0.717) is 23.5 Å². The van der Waals surface area contributed by atoms with Crippen LogP contribution >= 0.6 is 0 Å². The van der Waals surface area contributed by atoms with Crippen LogP contribution in [-0.2, 0) is 8.23 Å². The van der Waals surface area contributed by atoms with Crippen molar-refractivity contribution in [3.05, 3.63) is 59.7 Å². The third-order valence-corrected chi connectivity index (χ3v) is 14.5. The van der Waals surface area contributed by atoms with Crippen LogP contribution in [0, 0.1) is 11.3 Å². The Kier molecular flexibility index (Phi) is 10.5. The van der Waals surface area contributed by atoms with Crippen LogP contribution in [0.5, 0.6) is 11.5 Å². The molecule has 6 nitrogen and oxygen atoms in total. The monoisotopic (exact) mass is 529 g/mol. The smallest absolute Gasteiger partial charge is 0.343 e. The molecular formula is C26H39NO5Si3. The van der Waals surface area contributed by atoms with Crippen molar-refractivity contribution in [1.29, 1.82) is 5.26 Å². The Morgan fingerprint density at radius 2 is 1.31 bits per heavy atom. The highest BCUT2D eigenvalue weighted by atomic mass is 28.5. The average Bonchev–Trinajstić information content (AvgIpc) is 2.74. The minimum atomic E-state index is -2.17. The summed E-state index contributed by atoms with van der Waals surface area (Å²) in [5.41, 5.74) is 0.956. The fourth-order valence-electron chi connectivity index (χ4n) is 3.78. The van der Waals surface area contributed by atoms with E-state index >= 15 is 0 Å². The molecule has 2 rings (SSSR count). The lowest BCUT2D eigenvalue weighted by atomic mass is 10.2. The van der Waals surface area contributed by atoms with Crippen molar-refractivity contribution in [3.8, 4) is 17.6 Å². The molecule has 9 heteroatoms. The Bertz CT molecular complexity index is 974. The third kappa shape index (κ3) is 11.4. The molecule has 0 aromatic heterocycles. The van der Waals surface area contributed by atoms with Gasteiger partial charge in [0.25, 0.3) is 0 Å². The maximum Gasteiger partial charge on any atom is 0.343 e. The molecule has 35 heavy (non-hydrogen) atoms. The lowest BCUT2D eigenvalue weighted by molar-refractivity contribution is 0.0734. The van der Waals surface area contributed by atoms with Gasteiger partial charge in [-0.1, -0.05) is 12.8 Å². The molecule has 0 spiro atoms. The van der Waals surface area contributed by atoms with Gasteiger partial charge in [-0.3, -0.25) is 0 Å². The highest BCUT2D eigenvalue weighted by molar-refractivity contribution is 6.87. The summed E-state index contributed by atoms with van der Waals surface area (Å²) < 4.78 is 24.3. The van der Waals surface area contributed by atoms with Gasteiger partial charge in [-0.05, 0) is 107 Å². The van der Waals surface area contributed by atoms with Crippen LogP contribution in [0.3, 0.4) is 0 Å². The summed E-state index contributed by atoms with van der Waals surface area (Å²) in [4.78, 5) is 12.3. The van der Waals surface area contributed by atoms with Gasteiger partial charge in [-0.2, -0.15) is 5.26 Å². The zero-order chi connectivity index (χ0) is 26.1. The van der Waals surface area contributed by atoms with Crippen LogP contribution in [0.1, 0.15) is 35.2 Å². The number of carbonyl (C=O) groups is 1. The van der Waals surface area contributed by atoms with Gasteiger partial charge >= 0.3 is 14.5 Å². The number of rotatable bonds is 13. The molecule has 0 aliphatic rings. The summed E-state index contributed by atoms with van der Waals surface area (Å²) >= 11 is 0.